The number of hydrogen-bond donors (Lipinski definition) is 2. The Kier molecular flexibility index (Phi) is 6.72. The lowest BCUT2D eigenvalue weighted by Crippen LogP contribution is -2.23. The third-order valence-corrected chi connectivity index (χ3v) is 2.77. The zero-order valence-corrected chi connectivity index (χ0v) is 11.3. The molecule has 0 saturated heterocycles. The van der Waals surface area contributed by atoms with Gasteiger partial charge >= 0.3 is 0 Å². The van der Waals surface area contributed by atoms with Crippen LogP contribution in [-0.4, -0.2) is 38.1 Å². The van der Waals surface area contributed by atoms with Crippen LogP contribution in [-0.2, 0) is 4.74 Å². The van der Waals surface area contributed by atoms with E-state index in [1.54, 1.807) is 0 Å². The molecule has 1 aromatic rings. The van der Waals surface area contributed by atoms with Gasteiger partial charge in [-0.2, -0.15) is 0 Å². The molecule has 0 radical (unpaired) electrons. The van der Waals surface area contributed by atoms with Crippen LogP contribution in [0.3, 0.4) is 0 Å². The first-order chi connectivity index (χ1) is 8.67. The average molecular weight is 253 g/mol. The van der Waals surface area contributed by atoms with Crippen LogP contribution in [0.4, 0.5) is 0 Å². The molecule has 102 valence electrons. The Balaban J connectivity index is 2.39. The molecule has 0 bridgehead atoms. The molecule has 2 atom stereocenters. The number of ether oxygens (including phenoxy) is 2. The van der Waals surface area contributed by atoms with Gasteiger partial charge < -0.3 is 19.9 Å². The minimum atomic E-state index is -0.583. The second-order valence-corrected chi connectivity index (χ2v) is 4.20. The minimum Gasteiger partial charge on any atom is -0.491 e. The molecular weight excluding hydrogens is 230 g/mol. The summed E-state index contributed by atoms with van der Waals surface area (Å²) in [6, 6.07) is 8.19. The molecular formula is C14H23NO3. The second kappa shape index (κ2) is 8.08. The summed E-state index contributed by atoms with van der Waals surface area (Å²) in [6.07, 6.45) is -0.583. The van der Waals surface area contributed by atoms with Crippen LogP contribution in [0.15, 0.2) is 24.3 Å². The molecule has 18 heavy (non-hydrogen) atoms. The van der Waals surface area contributed by atoms with Crippen molar-refractivity contribution >= 4 is 0 Å². The summed E-state index contributed by atoms with van der Waals surface area (Å²) in [6.45, 7) is 5.16. The minimum absolute atomic E-state index is 0.251. The van der Waals surface area contributed by atoms with E-state index in [2.05, 4.69) is 12.2 Å². The first kappa shape index (κ1) is 15.0. The molecule has 0 aromatic heterocycles. The number of hydrogen-bond acceptors (Lipinski definition) is 4. The highest BCUT2D eigenvalue weighted by atomic mass is 16.5. The van der Waals surface area contributed by atoms with E-state index in [-0.39, 0.29) is 6.61 Å². The maximum absolute atomic E-state index is 9.56. The van der Waals surface area contributed by atoms with Gasteiger partial charge in [-0.15, -0.1) is 0 Å². The maximum atomic E-state index is 9.56. The normalized spacial score (nSPS) is 14.2. The van der Waals surface area contributed by atoms with Crippen LogP contribution in [0, 0.1) is 0 Å². The average Bonchev–Trinajstić information content (AvgIpc) is 2.42. The Morgan fingerprint density at radius 1 is 1.22 bits per heavy atom. The third kappa shape index (κ3) is 5.04. The van der Waals surface area contributed by atoms with Gasteiger partial charge in [0, 0.05) is 12.6 Å². The summed E-state index contributed by atoms with van der Waals surface area (Å²) in [5.74, 6) is 0.762. The molecule has 1 rings (SSSR count). The van der Waals surface area contributed by atoms with Gasteiger partial charge in [0.05, 0.1) is 6.61 Å². The van der Waals surface area contributed by atoms with E-state index in [0.29, 0.717) is 19.3 Å². The van der Waals surface area contributed by atoms with Gasteiger partial charge in [0.25, 0.3) is 0 Å². The molecule has 4 heteroatoms. The fourth-order valence-electron chi connectivity index (χ4n) is 1.51. The van der Waals surface area contributed by atoms with Crippen molar-refractivity contribution < 1.29 is 14.6 Å². The Morgan fingerprint density at radius 2 is 1.89 bits per heavy atom. The molecule has 0 heterocycles. The first-order valence-corrected chi connectivity index (χ1v) is 6.33. The smallest absolute Gasteiger partial charge is 0.119 e. The van der Waals surface area contributed by atoms with Crippen molar-refractivity contribution in [3.05, 3.63) is 29.8 Å². The van der Waals surface area contributed by atoms with Gasteiger partial charge in [0.15, 0.2) is 0 Å². The highest BCUT2D eigenvalue weighted by Crippen LogP contribution is 2.17. The maximum Gasteiger partial charge on any atom is 0.119 e. The molecule has 0 saturated carbocycles. The van der Waals surface area contributed by atoms with Crippen LogP contribution in [0.5, 0.6) is 5.75 Å². The van der Waals surface area contributed by atoms with Crippen molar-refractivity contribution in [2.75, 3.05) is 26.9 Å². The second-order valence-electron chi connectivity index (χ2n) is 4.20. The molecule has 0 aliphatic rings. The molecule has 2 unspecified atom stereocenters. The quantitative estimate of drug-likeness (QED) is 0.741. The summed E-state index contributed by atoms with van der Waals surface area (Å²) in [5, 5.41) is 12.7. The zero-order chi connectivity index (χ0) is 13.4. The number of benzene rings is 1. The summed E-state index contributed by atoms with van der Waals surface area (Å²) in [4.78, 5) is 0. The van der Waals surface area contributed by atoms with Crippen LogP contribution < -0.4 is 10.1 Å². The lowest BCUT2D eigenvalue weighted by molar-refractivity contribution is 0.0164. The fraction of sp³-hybridized carbons (Fsp3) is 0.571. The Morgan fingerprint density at radius 3 is 2.44 bits per heavy atom. The largest absolute Gasteiger partial charge is 0.491 e. The summed E-state index contributed by atoms with van der Waals surface area (Å²) in [5.41, 5.74) is 1.21. The number of nitrogens with one attached hydrogen (secondary N) is 1. The number of aliphatic hydroxyl groups is 1. The van der Waals surface area contributed by atoms with Gasteiger partial charge in [-0.3, -0.25) is 0 Å². The Labute approximate surface area is 109 Å². The van der Waals surface area contributed by atoms with Crippen molar-refractivity contribution in [1.82, 2.24) is 5.32 Å². The molecule has 0 spiro atoms. The summed E-state index contributed by atoms with van der Waals surface area (Å²) < 4.78 is 10.6. The topological polar surface area (TPSA) is 50.7 Å². The van der Waals surface area contributed by atoms with E-state index in [1.807, 2.05) is 38.2 Å². The molecule has 0 amide bonds. The van der Waals surface area contributed by atoms with Gasteiger partial charge in [-0.05, 0) is 38.6 Å². The first-order valence-electron chi connectivity index (χ1n) is 6.33. The molecule has 0 aliphatic heterocycles. The van der Waals surface area contributed by atoms with Crippen LogP contribution in [0.25, 0.3) is 0 Å². The van der Waals surface area contributed by atoms with E-state index < -0.39 is 6.10 Å². The van der Waals surface area contributed by atoms with E-state index in [9.17, 15) is 5.11 Å². The predicted molar refractivity (Wildman–Crippen MR) is 71.9 cm³/mol. The molecule has 1 aromatic carbocycles. The lowest BCUT2D eigenvalue weighted by atomic mass is 10.1. The summed E-state index contributed by atoms with van der Waals surface area (Å²) >= 11 is 0. The number of aliphatic hydroxyl groups excluding tert-OH is 1. The lowest BCUT2D eigenvalue weighted by Gasteiger charge is -2.14. The van der Waals surface area contributed by atoms with E-state index in [4.69, 9.17) is 9.47 Å². The van der Waals surface area contributed by atoms with Crippen molar-refractivity contribution in [2.45, 2.75) is 26.0 Å². The van der Waals surface area contributed by atoms with Crippen molar-refractivity contribution in [1.29, 1.82) is 0 Å². The monoisotopic (exact) mass is 253 g/mol. The SMILES string of the molecule is CCOCC(O)COc1ccc(C(C)NC)cc1. The number of rotatable bonds is 8. The van der Waals surface area contributed by atoms with E-state index in [0.717, 1.165) is 5.75 Å². The van der Waals surface area contributed by atoms with Gasteiger partial charge in [0.1, 0.15) is 18.5 Å². The predicted octanol–water partition coefficient (Wildman–Crippen LogP) is 1.74. The summed E-state index contributed by atoms with van der Waals surface area (Å²) in [7, 11) is 1.93. The van der Waals surface area contributed by atoms with Gasteiger partial charge in [-0.25, -0.2) is 0 Å². The zero-order valence-electron chi connectivity index (χ0n) is 11.3. The molecule has 2 N–H and O–H groups in total. The standard InChI is InChI=1S/C14H23NO3/c1-4-17-9-13(16)10-18-14-7-5-12(6-8-14)11(2)15-3/h5-8,11,13,15-16H,4,9-10H2,1-3H3. The third-order valence-electron chi connectivity index (χ3n) is 2.77. The van der Waals surface area contributed by atoms with Crippen LogP contribution in [0.1, 0.15) is 25.5 Å². The van der Waals surface area contributed by atoms with E-state index in [1.165, 1.54) is 5.56 Å². The fourth-order valence-corrected chi connectivity index (χ4v) is 1.51. The molecule has 0 aliphatic carbocycles. The van der Waals surface area contributed by atoms with Crippen molar-refractivity contribution in [2.24, 2.45) is 0 Å². The van der Waals surface area contributed by atoms with E-state index >= 15 is 0 Å². The van der Waals surface area contributed by atoms with Gasteiger partial charge in [-0.1, -0.05) is 12.1 Å². The van der Waals surface area contributed by atoms with Crippen LogP contribution >= 0.6 is 0 Å². The Hall–Kier alpha value is -1.10. The Bertz CT molecular complexity index is 326. The van der Waals surface area contributed by atoms with Crippen molar-refractivity contribution in [3.63, 3.8) is 0 Å². The molecule has 0 fully saturated rings. The van der Waals surface area contributed by atoms with Gasteiger partial charge in [0.2, 0.25) is 0 Å². The highest BCUT2D eigenvalue weighted by Gasteiger charge is 2.06. The van der Waals surface area contributed by atoms with Crippen molar-refractivity contribution in [3.8, 4) is 5.75 Å². The highest BCUT2D eigenvalue weighted by molar-refractivity contribution is 5.28. The van der Waals surface area contributed by atoms with Crippen LogP contribution in [0.2, 0.25) is 0 Å². The molecule has 4 nitrogen and oxygen atoms in total.